The van der Waals surface area contributed by atoms with E-state index in [0.717, 1.165) is 11.4 Å². The van der Waals surface area contributed by atoms with E-state index in [-0.39, 0.29) is 41.4 Å². The summed E-state index contributed by atoms with van der Waals surface area (Å²) in [5, 5.41) is 2.72. The summed E-state index contributed by atoms with van der Waals surface area (Å²) in [4.78, 5) is 37.8. The predicted octanol–water partition coefficient (Wildman–Crippen LogP) is 4.39. The highest BCUT2D eigenvalue weighted by Crippen LogP contribution is 2.29. The van der Waals surface area contributed by atoms with Crippen molar-refractivity contribution in [3.8, 4) is 17.2 Å². The quantitative estimate of drug-likeness (QED) is 0.252. The number of methoxy groups -OCH3 is 3. The molecule has 1 N–H and O–H groups in total. The molecule has 0 aliphatic heterocycles. The third kappa shape index (κ3) is 7.38. The van der Waals surface area contributed by atoms with Crippen LogP contribution in [0, 0.1) is 13.8 Å². The number of benzene rings is 2. The molecule has 1 heterocycles. The van der Waals surface area contributed by atoms with Gasteiger partial charge in [0, 0.05) is 29.7 Å². The Labute approximate surface area is 227 Å². The molecular formula is C29H34N2O8. The van der Waals surface area contributed by atoms with Gasteiger partial charge in [-0.25, -0.2) is 4.79 Å². The van der Waals surface area contributed by atoms with E-state index in [1.807, 2.05) is 25.3 Å². The van der Waals surface area contributed by atoms with Crippen LogP contribution in [0.5, 0.6) is 17.2 Å². The second-order valence-electron chi connectivity index (χ2n) is 8.89. The maximum atomic E-state index is 12.8. The molecule has 2 aromatic carbocycles. The van der Waals surface area contributed by atoms with Gasteiger partial charge in [-0.15, -0.1) is 0 Å². The molecule has 1 amide bonds. The molecule has 0 fully saturated rings. The first-order valence-electron chi connectivity index (χ1n) is 12.3. The van der Waals surface area contributed by atoms with Crippen LogP contribution in [0.3, 0.4) is 0 Å². The van der Waals surface area contributed by atoms with E-state index in [4.69, 9.17) is 23.7 Å². The Morgan fingerprint density at radius 2 is 1.62 bits per heavy atom. The van der Waals surface area contributed by atoms with Crippen LogP contribution in [0.1, 0.15) is 45.1 Å². The van der Waals surface area contributed by atoms with Gasteiger partial charge in [0.15, 0.2) is 24.7 Å². The Bertz CT molecular complexity index is 1310. The molecule has 0 bridgehead atoms. The van der Waals surface area contributed by atoms with E-state index in [9.17, 15) is 14.4 Å². The predicted molar refractivity (Wildman–Crippen MR) is 145 cm³/mol. The molecule has 0 aliphatic carbocycles. The Morgan fingerprint density at radius 3 is 2.26 bits per heavy atom. The number of aryl methyl sites for hydroxylation is 1. The summed E-state index contributed by atoms with van der Waals surface area (Å²) in [6.45, 7) is 5.60. The zero-order valence-corrected chi connectivity index (χ0v) is 23.0. The molecule has 0 spiro atoms. The summed E-state index contributed by atoms with van der Waals surface area (Å²) in [6, 6.07) is 13.1. The number of carbonyl (C=O) groups is 3. The highest BCUT2D eigenvalue weighted by Gasteiger charge is 2.21. The van der Waals surface area contributed by atoms with E-state index in [1.54, 1.807) is 44.6 Å². The minimum Gasteiger partial charge on any atom is -0.497 e. The van der Waals surface area contributed by atoms with Gasteiger partial charge < -0.3 is 33.6 Å². The Kier molecular flexibility index (Phi) is 10.1. The van der Waals surface area contributed by atoms with Crippen molar-refractivity contribution in [3.05, 3.63) is 71.0 Å². The standard InChI is InChI=1S/C29H34N2O8/c1-18-13-24(20(3)31(18)19(2)15-35-4)25(32)16-39-29(34)21-7-12-26(27(14-21)37-6)38-17-28(33)30-22-8-10-23(36-5)11-9-22/h7-14,19H,15-17H2,1-6H3,(H,30,33)/t19-/m0/s1. The first-order valence-corrected chi connectivity index (χ1v) is 12.3. The Balaban J connectivity index is 1.58. The van der Waals surface area contributed by atoms with Crippen molar-refractivity contribution in [2.24, 2.45) is 0 Å². The SMILES string of the molecule is COC[C@H](C)n1c(C)cc(C(=O)COC(=O)c2ccc(OCC(=O)Nc3ccc(OC)cc3)c(OC)c2)c1C. The number of carbonyl (C=O) groups excluding carboxylic acids is 3. The third-order valence-electron chi connectivity index (χ3n) is 6.10. The van der Waals surface area contributed by atoms with Gasteiger partial charge in [-0.05, 0) is 69.3 Å². The van der Waals surface area contributed by atoms with Crippen molar-refractivity contribution < 1.29 is 38.1 Å². The number of esters is 1. The molecule has 10 heteroatoms. The Hall–Kier alpha value is -4.31. The van der Waals surface area contributed by atoms with Crippen LogP contribution in [0.4, 0.5) is 5.69 Å². The average Bonchev–Trinajstić information content (AvgIpc) is 3.24. The number of nitrogens with one attached hydrogen (secondary N) is 1. The van der Waals surface area contributed by atoms with E-state index >= 15 is 0 Å². The van der Waals surface area contributed by atoms with Gasteiger partial charge in [-0.2, -0.15) is 0 Å². The lowest BCUT2D eigenvalue weighted by atomic mass is 10.1. The molecule has 3 aromatic rings. The number of Topliss-reactive ketones (excluding diaryl/α,β-unsaturated/α-hetero) is 1. The molecule has 0 saturated carbocycles. The minimum absolute atomic E-state index is 0.0563. The first-order chi connectivity index (χ1) is 18.7. The highest BCUT2D eigenvalue weighted by molar-refractivity contribution is 6.00. The number of amides is 1. The lowest BCUT2D eigenvalue weighted by Gasteiger charge is -2.17. The van der Waals surface area contributed by atoms with Crippen LogP contribution < -0.4 is 19.5 Å². The summed E-state index contributed by atoms with van der Waals surface area (Å²) in [5.74, 6) is -0.181. The van der Waals surface area contributed by atoms with Gasteiger partial charge in [0.2, 0.25) is 5.78 Å². The lowest BCUT2D eigenvalue weighted by Crippen LogP contribution is -2.20. The van der Waals surface area contributed by atoms with Crippen LogP contribution >= 0.6 is 0 Å². The number of ketones is 1. The van der Waals surface area contributed by atoms with Gasteiger partial charge in [0.05, 0.1) is 32.4 Å². The lowest BCUT2D eigenvalue weighted by molar-refractivity contribution is -0.118. The minimum atomic E-state index is -0.688. The van der Waals surface area contributed by atoms with Crippen LogP contribution in [-0.2, 0) is 14.3 Å². The zero-order chi connectivity index (χ0) is 28.5. The van der Waals surface area contributed by atoms with Crippen molar-refractivity contribution in [1.82, 2.24) is 4.57 Å². The Morgan fingerprint density at radius 1 is 0.897 bits per heavy atom. The van der Waals surface area contributed by atoms with Crippen LogP contribution in [-0.4, -0.2) is 63.4 Å². The summed E-state index contributed by atoms with van der Waals surface area (Å²) >= 11 is 0. The number of nitrogens with zero attached hydrogens (tertiary/aromatic N) is 1. The fourth-order valence-electron chi connectivity index (χ4n) is 4.27. The molecule has 1 aromatic heterocycles. The molecule has 0 saturated heterocycles. The van der Waals surface area contributed by atoms with Crippen molar-refractivity contribution in [2.75, 3.05) is 46.5 Å². The summed E-state index contributed by atoms with van der Waals surface area (Å²) in [7, 11) is 4.61. The second-order valence-corrected chi connectivity index (χ2v) is 8.89. The number of rotatable bonds is 13. The van der Waals surface area contributed by atoms with Gasteiger partial charge in [0.1, 0.15) is 5.75 Å². The van der Waals surface area contributed by atoms with Crippen molar-refractivity contribution >= 4 is 23.3 Å². The topological polar surface area (TPSA) is 114 Å². The monoisotopic (exact) mass is 538 g/mol. The highest BCUT2D eigenvalue weighted by atomic mass is 16.5. The molecule has 0 aliphatic rings. The van der Waals surface area contributed by atoms with Gasteiger partial charge in [-0.1, -0.05) is 0 Å². The normalized spacial score (nSPS) is 11.4. The largest absolute Gasteiger partial charge is 0.497 e. The molecular weight excluding hydrogens is 504 g/mol. The second kappa shape index (κ2) is 13.5. The maximum absolute atomic E-state index is 12.8. The molecule has 10 nitrogen and oxygen atoms in total. The molecule has 0 unspecified atom stereocenters. The van der Waals surface area contributed by atoms with E-state index in [1.165, 1.54) is 25.3 Å². The van der Waals surface area contributed by atoms with Gasteiger partial charge >= 0.3 is 5.97 Å². The summed E-state index contributed by atoms with van der Waals surface area (Å²) in [6.07, 6.45) is 0. The van der Waals surface area contributed by atoms with Gasteiger partial charge in [0.25, 0.3) is 5.91 Å². The third-order valence-corrected chi connectivity index (χ3v) is 6.10. The first kappa shape index (κ1) is 29.2. The number of aromatic nitrogens is 1. The van der Waals surface area contributed by atoms with Crippen LogP contribution in [0.15, 0.2) is 48.5 Å². The number of hydrogen-bond donors (Lipinski definition) is 1. The van der Waals surface area contributed by atoms with E-state index < -0.39 is 12.6 Å². The fraction of sp³-hybridized carbons (Fsp3) is 0.345. The molecule has 208 valence electrons. The van der Waals surface area contributed by atoms with Crippen molar-refractivity contribution in [2.45, 2.75) is 26.8 Å². The zero-order valence-electron chi connectivity index (χ0n) is 23.0. The fourth-order valence-corrected chi connectivity index (χ4v) is 4.27. The average molecular weight is 539 g/mol. The maximum Gasteiger partial charge on any atom is 0.338 e. The van der Waals surface area contributed by atoms with Crippen LogP contribution in [0.25, 0.3) is 0 Å². The van der Waals surface area contributed by atoms with Crippen LogP contribution in [0.2, 0.25) is 0 Å². The van der Waals surface area contributed by atoms with E-state index in [0.29, 0.717) is 23.6 Å². The number of ether oxygens (including phenoxy) is 5. The van der Waals surface area contributed by atoms with Crippen molar-refractivity contribution in [3.63, 3.8) is 0 Å². The molecule has 1 atom stereocenters. The van der Waals surface area contributed by atoms with Crippen molar-refractivity contribution in [1.29, 1.82) is 0 Å². The van der Waals surface area contributed by atoms with E-state index in [2.05, 4.69) is 5.32 Å². The van der Waals surface area contributed by atoms with Gasteiger partial charge in [-0.3, -0.25) is 9.59 Å². The summed E-state index contributed by atoms with van der Waals surface area (Å²) < 4.78 is 28.5. The molecule has 3 rings (SSSR count). The summed E-state index contributed by atoms with van der Waals surface area (Å²) in [5.41, 5.74) is 2.98. The smallest absolute Gasteiger partial charge is 0.338 e. The number of hydrogen-bond acceptors (Lipinski definition) is 8. The number of anilines is 1. The molecule has 39 heavy (non-hydrogen) atoms. The molecule has 0 radical (unpaired) electrons.